The van der Waals surface area contributed by atoms with Gasteiger partial charge in [0.05, 0.1) is 5.92 Å². The summed E-state index contributed by atoms with van der Waals surface area (Å²) in [6, 6.07) is 14.7. The second-order valence-electron chi connectivity index (χ2n) is 8.70. The van der Waals surface area contributed by atoms with E-state index in [1.807, 2.05) is 14.1 Å². The average molecular weight is 450 g/mol. The minimum atomic E-state index is -4.23. The summed E-state index contributed by atoms with van der Waals surface area (Å²) in [5, 5.41) is 2.75. The molecule has 1 aliphatic carbocycles. The Labute approximate surface area is 191 Å². The molecule has 0 spiro atoms. The number of hydrogen-bond donors (Lipinski definition) is 1. The first-order valence-corrected chi connectivity index (χ1v) is 11.4. The Kier molecular flexibility index (Phi) is 12.3. The largest absolute Gasteiger partial charge is 0.395 e. The van der Waals surface area contributed by atoms with E-state index in [-0.39, 0.29) is 5.56 Å². The summed E-state index contributed by atoms with van der Waals surface area (Å²) in [6.07, 6.45) is 3.47. The fourth-order valence-electron chi connectivity index (χ4n) is 3.64. The van der Waals surface area contributed by atoms with Crippen LogP contribution in [-0.4, -0.2) is 26.6 Å². The van der Waals surface area contributed by atoms with E-state index in [2.05, 4.69) is 43.4 Å². The molecule has 2 nitrogen and oxygen atoms in total. The maximum absolute atomic E-state index is 12.2. The Morgan fingerprint density at radius 3 is 1.72 bits per heavy atom. The van der Waals surface area contributed by atoms with E-state index in [1.165, 1.54) is 61.9 Å². The maximum atomic E-state index is 12.2. The van der Waals surface area contributed by atoms with Gasteiger partial charge in [0.1, 0.15) is 6.29 Å². The van der Waals surface area contributed by atoms with Gasteiger partial charge in [0, 0.05) is 5.56 Å². The van der Waals surface area contributed by atoms with Gasteiger partial charge in [-0.3, -0.25) is 4.79 Å². The zero-order valence-electron chi connectivity index (χ0n) is 20.0. The van der Waals surface area contributed by atoms with Crippen LogP contribution in [-0.2, 0) is 0 Å². The molecule has 1 saturated carbocycles. The second-order valence-corrected chi connectivity index (χ2v) is 8.70. The standard InChI is InChI=1S/C15H22.C10H9F3O.C2H7N/c1-12(2)13-8-10-15(11-9-13)14-6-4-3-5-7-14;1-7(10(11,12)13)9-4-2-8(6-14)3-5-9;1-3-2/h8-12,14H,3-7H2,1-2H3;2-7H,1H3;3H,1-2H3. The van der Waals surface area contributed by atoms with E-state index in [4.69, 9.17) is 0 Å². The van der Waals surface area contributed by atoms with E-state index >= 15 is 0 Å². The van der Waals surface area contributed by atoms with Crippen molar-refractivity contribution in [2.75, 3.05) is 14.1 Å². The molecule has 0 amide bonds. The van der Waals surface area contributed by atoms with Gasteiger partial charge in [0.2, 0.25) is 0 Å². The smallest absolute Gasteiger partial charge is 0.323 e. The van der Waals surface area contributed by atoms with Crippen molar-refractivity contribution in [2.24, 2.45) is 0 Å². The highest BCUT2D eigenvalue weighted by Crippen LogP contribution is 2.34. The van der Waals surface area contributed by atoms with Crippen LogP contribution < -0.4 is 5.32 Å². The molecule has 0 aliphatic heterocycles. The molecule has 0 heterocycles. The van der Waals surface area contributed by atoms with Crippen LogP contribution in [0.25, 0.3) is 0 Å². The molecule has 0 bridgehead atoms. The maximum Gasteiger partial charge on any atom is 0.395 e. The van der Waals surface area contributed by atoms with Gasteiger partial charge >= 0.3 is 6.18 Å². The van der Waals surface area contributed by atoms with Crippen molar-refractivity contribution < 1.29 is 18.0 Å². The Morgan fingerprint density at radius 1 is 0.844 bits per heavy atom. The number of alkyl halides is 3. The summed E-state index contributed by atoms with van der Waals surface area (Å²) in [5.41, 5.74) is 3.58. The second kappa shape index (κ2) is 14.1. The van der Waals surface area contributed by atoms with Gasteiger partial charge in [-0.2, -0.15) is 13.2 Å². The van der Waals surface area contributed by atoms with Gasteiger partial charge in [-0.25, -0.2) is 0 Å². The lowest BCUT2D eigenvalue weighted by Crippen LogP contribution is -2.17. The number of halogens is 3. The molecule has 3 rings (SSSR count). The highest BCUT2D eigenvalue weighted by Gasteiger charge is 2.36. The molecule has 0 saturated heterocycles. The predicted octanol–water partition coefficient (Wildman–Crippen LogP) is 7.86. The van der Waals surface area contributed by atoms with E-state index in [9.17, 15) is 18.0 Å². The zero-order valence-corrected chi connectivity index (χ0v) is 20.0. The van der Waals surface area contributed by atoms with Crippen LogP contribution in [0.5, 0.6) is 0 Å². The molecule has 2 aromatic carbocycles. The van der Waals surface area contributed by atoms with Crippen molar-refractivity contribution in [2.45, 2.75) is 76.8 Å². The topological polar surface area (TPSA) is 29.1 Å². The van der Waals surface area contributed by atoms with Gasteiger partial charge in [0.25, 0.3) is 0 Å². The van der Waals surface area contributed by atoms with E-state index < -0.39 is 12.1 Å². The minimum Gasteiger partial charge on any atom is -0.323 e. The molecule has 32 heavy (non-hydrogen) atoms. The molecule has 1 aliphatic rings. The third-order valence-electron chi connectivity index (χ3n) is 5.74. The lowest BCUT2D eigenvalue weighted by molar-refractivity contribution is -0.146. The summed E-state index contributed by atoms with van der Waals surface area (Å²) < 4.78 is 36.7. The Bertz CT molecular complexity index is 761. The molecule has 1 atom stereocenters. The van der Waals surface area contributed by atoms with Crippen LogP contribution in [0.1, 0.15) is 97.7 Å². The summed E-state index contributed by atoms with van der Waals surface area (Å²) in [4.78, 5) is 10.3. The summed E-state index contributed by atoms with van der Waals surface area (Å²) in [7, 11) is 3.75. The molecule has 178 valence electrons. The average Bonchev–Trinajstić information content (AvgIpc) is 2.79. The van der Waals surface area contributed by atoms with Crippen LogP contribution >= 0.6 is 0 Å². The monoisotopic (exact) mass is 449 g/mol. The molecule has 2 aromatic rings. The van der Waals surface area contributed by atoms with Gasteiger partial charge in [-0.05, 0) is 62.4 Å². The van der Waals surface area contributed by atoms with Gasteiger partial charge in [-0.1, -0.05) is 81.6 Å². The first kappa shape index (κ1) is 27.9. The Hall–Kier alpha value is -2.14. The molecule has 1 N–H and O–H groups in total. The number of nitrogens with one attached hydrogen (secondary N) is 1. The van der Waals surface area contributed by atoms with Gasteiger partial charge < -0.3 is 5.32 Å². The van der Waals surface area contributed by atoms with Crippen molar-refractivity contribution >= 4 is 6.29 Å². The van der Waals surface area contributed by atoms with Crippen molar-refractivity contribution in [1.82, 2.24) is 5.32 Å². The first-order chi connectivity index (χ1) is 15.1. The summed E-state index contributed by atoms with van der Waals surface area (Å²) in [6.45, 7) is 5.61. The molecule has 0 radical (unpaired) electrons. The lowest BCUT2D eigenvalue weighted by Gasteiger charge is -2.22. The molecule has 5 heteroatoms. The van der Waals surface area contributed by atoms with Crippen LogP contribution in [0.2, 0.25) is 0 Å². The molecule has 0 aromatic heterocycles. The predicted molar refractivity (Wildman–Crippen MR) is 128 cm³/mol. The quantitative estimate of drug-likeness (QED) is 0.481. The number of carbonyl (C=O) groups excluding carboxylic acids is 1. The number of carbonyl (C=O) groups is 1. The third kappa shape index (κ3) is 9.56. The third-order valence-corrected chi connectivity index (χ3v) is 5.74. The molecular formula is C27H38F3NO. The summed E-state index contributed by atoms with van der Waals surface area (Å²) in [5.74, 6) is 0.00794. The number of benzene rings is 2. The van der Waals surface area contributed by atoms with Crippen molar-refractivity contribution in [3.8, 4) is 0 Å². The van der Waals surface area contributed by atoms with E-state index in [1.54, 1.807) is 5.56 Å². The highest BCUT2D eigenvalue weighted by atomic mass is 19.4. The van der Waals surface area contributed by atoms with Gasteiger partial charge in [-0.15, -0.1) is 0 Å². The molecular weight excluding hydrogens is 411 g/mol. The molecule has 1 fully saturated rings. The Morgan fingerprint density at radius 2 is 1.31 bits per heavy atom. The summed E-state index contributed by atoms with van der Waals surface area (Å²) >= 11 is 0. The van der Waals surface area contributed by atoms with Crippen LogP contribution in [0.15, 0.2) is 48.5 Å². The number of hydrogen-bond acceptors (Lipinski definition) is 2. The SMILES string of the molecule is CC(C)c1ccc(C2CCCCC2)cc1.CC(c1ccc(C=O)cc1)C(F)(F)F.CNC. The number of aldehydes is 1. The van der Waals surface area contributed by atoms with Crippen LogP contribution in [0, 0.1) is 0 Å². The first-order valence-electron chi connectivity index (χ1n) is 11.4. The van der Waals surface area contributed by atoms with Crippen molar-refractivity contribution in [1.29, 1.82) is 0 Å². The highest BCUT2D eigenvalue weighted by molar-refractivity contribution is 5.74. The lowest BCUT2D eigenvalue weighted by atomic mass is 9.83. The fourth-order valence-corrected chi connectivity index (χ4v) is 3.64. The van der Waals surface area contributed by atoms with Gasteiger partial charge in [0.15, 0.2) is 0 Å². The minimum absolute atomic E-state index is 0.170. The van der Waals surface area contributed by atoms with Crippen LogP contribution in [0.3, 0.4) is 0 Å². The normalized spacial score (nSPS) is 15.2. The fraction of sp³-hybridized carbons (Fsp3) is 0.519. The number of rotatable bonds is 4. The zero-order chi connectivity index (χ0) is 24.1. The van der Waals surface area contributed by atoms with Crippen LogP contribution in [0.4, 0.5) is 13.2 Å². The molecule has 1 unspecified atom stereocenters. The van der Waals surface area contributed by atoms with E-state index in [0.29, 0.717) is 17.8 Å². The van der Waals surface area contributed by atoms with Crippen molar-refractivity contribution in [3.05, 3.63) is 70.8 Å². The van der Waals surface area contributed by atoms with Crippen molar-refractivity contribution in [3.63, 3.8) is 0 Å². The van der Waals surface area contributed by atoms with E-state index in [0.717, 1.165) is 12.8 Å². The Balaban J connectivity index is 0.000000286.